The molecule has 0 fully saturated rings. The molecule has 0 amide bonds. The average molecular weight is 265 g/mol. The van der Waals surface area contributed by atoms with Gasteiger partial charge in [0.15, 0.2) is 0 Å². The summed E-state index contributed by atoms with van der Waals surface area (Å²) >= 11 is 0. The van der Waals surface area contributed by atoms with E-state index >= 15 is 0 Å². The highest BCUT2D eigenvalue weighted by Gasteiger charge is 2.05. The highest BCUT2D eigenvalue weighted by Crippen LogP contribution is 2.13. The summed E-state index contributed by atoms with van der Waals surface area (Å²) in [6.07, 6.45) is 4.04. The minimum Gasteiger partial charge on any atom is -0.494 e. The third-order valence-corrected chi connectivity index (χ3v) is 3.04. The summed E-state index contributed by atoms with van der Waals surface area (Å²) in [7, 11) is 0. The minimum absolute atomic E-state index is 0.320. The predicted molar refractivity (Wildman–Crippen MR) is 79.7 cm³/mol. The molecule has 0 saturated heterocycles. The zero-order chi connectivity index (χ0) is 13.9. The van der Waals surface area contributed by atoms with Crippen LogP contribution in [-0.4, -0.2) is 30.9 Å². The van der Waals surface area contributed by atoms with Crippen molar-refractivity contribution in [2.75, 3.05) is 19.7 Å². The fraction of sp³-hybridized carbons (Fsp3) is 0.625. The Labute approximate surface area is 117 Å². The van der Waals surface area contributed by atoms with Gasteiger partial charge in [0.2, 0.25) is 0 Å². The molecule has 3 heteroatoms. The van der Waals surface area contributed by atoms with Crippen molar-refractivity contribution in [1.29, 1.82) is 0 Å². The Balaban J connectivity index is 2.22. The first kappa shape index (κ1) is 16.0. The summed E-state index contributed by atoms with van der Waals surface area (Å²) < 4.78 is 5.39. The Morgan fingerprint density at radius 2 is 1.89 bits per heavy atom. The van der Waals surface area contributed by atoms with Gasteiger partial charge in [0.25, 0.3) is 0 Å². The SMILES string of the molecule is CCCCCNCC(O)Cc1ccc(OCC)cc1. The Kier molecular flexibility index (Phi) is 8.26. The Hall–Kier alpha value is -1.06. The molecule has 108 valence electrons. The van der Waals surface area contributed by atoms with Crippen LogP contribution in [0.5, 0.6) is 5.75 Å². The van der Waals surface area contributed by atoms with E-state index in [1.54, 1.807) is 0 Å². The van der Waals surface area contributed by atoms with Crippen molar-refractivity contribution >= 4 is 0 Å². The van der Waals surface area contributed by atoms with E-state index in [0.29, 0.717) is 19.6 Å². The number of rotatable bonds is 10. The molecule has 0 aromatic heterocycles. The second kappa shape index (κ2) is 9.82. The number of hydrogen-bond donors (Lipinski definition) is 2. The molecule has 0 spiro atoms. The van der Waals surface area contributed by atoms with Crippen LogP contribution in [0.15, 0.2) is 24.3 Å². The number of hydrogen-bond acceptors (Lipinski definition) is 3. The first-order chi connectivity index (χ1) is 9.26. The molecule has 3 nitrogen and oxygen atoms in total. The van der Waals surface area contributed by atoms with E-state index in [1.165, 1.54) is 19.3 Å². The first-order valence-electron chi connectivity index (χ1n) is 7.36. The molecule has 0 heterocycles. The molecule has 0 saturated carbocycles. The monoisotopic (exact) mass is 265 g/mol. The van der Waals surface area contributed by atoms with Gasteiger partial charge in [0, 0.05) is 6.54 Å². The van der Waals surface area contributed by atoms with Gasteiger partial charge in [-0.05, 0) is 44.0 Å². The van der Waals surface area contributed by atoms with Gasteiger partial charge in [0.1, 0.15) is 5.75 Å². The van der Waals surface area contributed by atoms with Gasteiger partial charge >= 0.3 is 0 Å². The molecule has 0 bridgehead atoms. The number of nitrogens with one attached hydrogen (secondary N) is 1. The van der Waals surface area contributed by atoms with Gasteiger partial charge in [-0.2, -0.15) is 0 Å². The number of aliphatic hydroxyl groups is 1. The van der Waals surface area contributed by atoms with Gasteiger partial charge in [0.05, 0.1) is 12.7 Å². The van der Waals surface area contributed by atoms with E-state index in [-0.39, 0.29) is 6.10 Å². The van der Waals surface area contributed by atoms with Gasteiger partial charge in [-0.1, -0.05) is 31.9 Å². The molecule has 1 aromatic rings. The van der Waals surface area contributed by atoms with Gasteiger partial charge in [-0.15, -0.1) is 0 Å². The van der Waals surface area contributed by atoms with Gasteiger partial charge in [-0.25, -0.2) is 0 Å². The lowest BCUT2D eigenvalue weighted by Gasteiger charge is -2.12. The summed E-state index contributed by atoms with van der Waals surface area (Å²) in [5, 5.41) is 13.2. The fourth-order valence-electron chi connectivity index (χ4n) is 2.00. The van der Waals surface area contributed by atoms with Crippen LogP contribution in [0.3, 0.4) is 0 Å². The second-order valence-corrected chi connectivity index (χ2v) is 4.85. The van der Waals surface area contributed by atoms with E-state index in [0.717, 1.165) is 17.9 Å². The normalized spacial score (nSPS) is 12.4. The highest BCUT2D eigenvalue weighted by molar-refractivity contribution is 5.27. The van der Waals surface area contributed by atoms with Crippen molar-refractivity contribution in [3.05, 3.63) is 29.8 Å². The lowest BCUT2D eigenvalue weighted by Crippen LogP contribution is -2.29. The molecule has 2 N–H and O–H groups in total. The van der Waals surface area contributed by atoms with Crippen LogP contribution >= 0.6 is 0 Å². The Bertz CT molecular complexity index is 324. The summed E-state index contributed by atoms with van der Waals surface area (Å²) in [5.41, 5.74) is 1.14. The molecule has 0 aliphatic heterocycles. The number of aliphatic hydroxyl groups excluding tert-OH is 1. The van der Waals surface area contributed by atoms with Crippen LogP contribution in [0.4, 0.5) is 0 Å². The van der Waals surface area contributed by atoms with Crippen LogP contribution in [0.25, 0.3) is 0 Å². The van der Waals surface area contributed by atoms with Crippen molar-refractivity contribution in [3.8, 4) is 5.75 Å². The standard InChI is InChI=1S/C16H27NO2/c1-3-5-6-11-17-13-15(18)12-14-7-9-16(10-8-14)19-4-2/h7-10,15,17-18H,3-6,11-13H2,1-2H3. The molecule has 0 aliphatic rings. The van der Waals surface area contributed by atoms with Crippen molar-refractivity contribution in [1.82, 2.24) is 5.32 Å². The number of unbranched alkanes of at least 4 members (excludes halogenated alkanes) is 2. The van der Waals surface area contributed by atoms with E-state index in [2.05, 4.69) is 12.2 Å². The third kappa shape index (κ3) is 7.19. The van der Waals surface area contributed by atoms with Crippen LogP contribution in [-0.2, 0) is 6.42 Å². The van der Waals surface area contributed by atoms with Crippen LogP contribution in [0.2, 0.25) is 0 Å². The number of benzene rings is 1. The molecule has 19 heavy (non-hydrogen) atoms. The minimum atomic E-state index is -0.320. The predicted octanol–water partition coefficient (Wildman–Crippen LogP) is 2.77. The van der Waals surface area contributed by atoms with Crippen molar-refractivity contribution in [3.63, 3.8) is 0 Å². The highest BCUT2D eigenvalue weighted by atomic mass is 16.5. The van der Waals surface area contributed by atoms with E-state index in [4.69, 9.17) is 4.74 Å². The molecular weight excluding hydrogens is 238 g/mol. The molecule has 1 rings (SSSR count). The molecular formula is C16H27NO2. The summed E-state index contributed by atoms with van der Waals surface area (Å²) in [6.45, 7) is 6.51. The van der Waals surface area contributed by atoms with Gasteiger partial charge in [-0.3, -0.25) is 0 Å². The van der Waals surface area contributed by atoms with Crippen molar-refractivity contribution in [2.45, 2.75) is 45.6 Å². The Morgan fingerprint density at radius 1 is 1.16 bits per heavy atom. The average Bonchev–Trinajstić information content (AvgIpc) is 2.41. The number of ether oxygens (including phenoxy) is 1. The molecule has 1 unspecified atom stereocenters. The Morgan fingerprint density at radius 3 is 2.53 bits per heavy atom. The summed E-state index contributed by atoms with van der Waals surface area (Å²) in [5.74, 6) is 0.887. The zero-order valence-electron chi connectivity index (χ0n) is 12.2. The lowest BCUT2D eigenvalue weighted by molar-refractivity contribution is 0.172. The van der Waals surface area contributed by atoms with Crippen LogP contribution in [0.1, 0.15) is 38.7 Å². The molecule has 0 radical (unpaired) electrons. The van der Waals surface area contributed by atoms with Gasteiger partial charge < -0.3 is 15.2 Å². The lowest BCUT2D eigenvalue weighted by atomic mass is 10.1. The van der Waals surface area contributed by atoms with Crippen LogP contribution < -0.4 is 10.1 Å². The maximum Gasteiger partial charge on any atom is 0.119 e. The van der Waals surface area contributed by atoms with Crippen molar-refractivity contribution in [2.24, 2.45) is 0 Å². The first-order valence-corrected chi connectivity index (χ1v) is 7.36. The maximum absolute atomic E-state index is 9.94. The molecule has 1 aromatic carbocycles. The summed E-state index contributed by atoms with van der Waals surface area (Å²) in [6, 6.07) is 7.96. The largest absolute Gasteiger partial charge is 0.494 e. The van der Waals surface area contributed by atoms with E-state index in [9.17, 15) is 5.11 Å². The third-order valence-electron chi connectivity index (χ3n) is 3.04. The fourth-order valence-corrected chi connectivity index (χ4v) is 2.00. The quantitative estimate of drug-likeness (QED) is 0.639. The van der Waals surface area contributed by atoms with Crippen molar-refractivity contribution < 1.29 is 9.84 Å². The second-order valence-electron chi connectivity index (χ2n) is 4.85. The summed E-state index contributed by atoms with van der Waals surface area (Å²) in [4.78, 5) is 0. The van der Waals surface area contributed by atoms with Crippen LogP contribution in [0, 0.1) is 0 Å². The zero-order valence-corrected chi connectivity index (χ0v) is 12.2. The smallest absolute Gasteiger partial charge is 0.119 e. The maximum atomic E-state index is 9.94. The topological polar surface area (TPSA) is 41.5 Å². The van der Waals surface area contributed by atoms with E-state index < -0.39 is 0 Å². The molecule has 0 aliphatic carbocycles. The van der Waals surface area contributed by atoms with E-state index in [1.807, 2.05) is 31.2 Å². The molecule has 1 atom stereocenters.